The Balaban J connectivity index is 2.23. The molecular weight excluding hydrogens is 287 g/mol. The average molecular weight is 300 g/mol. The summed E-state index contributed by atoms with van der Waals surface area (Å²) in [5.74, 6) is 0. The van der Waals surface area contributed by atoms with Crippen LogP contribution in [0.25, 0.3) is 0 Å². The Bertz CT molecular complexity index is 324. The number of hydrogen-bond donors (Lipinski definition) is 1. The number of halogens is 4. The molecule has 1 atom stereocenters. The van der Waals surface area contributed by atoms with Crippen molar-refractivity contribution in [3.63, 3.8) is 0 Å². The Morgan fingerprint density at radius 3 is 2.75 bits per heavy atom. The van der Waals surface area contributed by atoms with Gasteiger partial charge in [-0.05, 0) is 22.9 Å². The monoisotopic (exact) mass is 299 g/mol. The molecule has 0 spiro atoms. The Labute approximate surface area is 100 Å². The van der Waals surface area contributed by atoms with Crippen LogP contribution in [0.1, 0.15) is 13.3 Å². The molecule has 0 saturated carbocycles. The van der Waals surface area contributed by atoms with Crippen LogP contribution >= 0.6 is 15.9 Å². The molecule has 0 amide bonds. The highest BCUT2D eigenvalue weighted by atomic mass is 79.9. The highest BCUT2D eigenvalue weighted by Gasteiger charge is 2.26. The van der Waals surface area contributed by atoms with Gasteiger partial charge in [0.15, 0.2) is 0 Å². The first-order chi connectivity index (χ1) is 7.37. The maximum atomic E-state index is 11.9. The molecule has 0 aliphatic heterocycles. The highest BCUT2D eigenvalue weighted by Crippen LogP contribution is 2.18. The van der Waals surface area contributed by atoms with Gasteiger partial charge in [0.2, 0.25) is 0 Å². The van der Waals surface area contributed by atoms with E-state index in [0.717, 1.165) is 4.47 Å². The maximum Gasteiger partial charge on any atom is 0.390 e. The van der Waals surface area contributed by atoms with Gasteiger partial charge in [0, 0.05) is 18.8 Å². The zero-order chi connectivity index (χ0) is 12.2. The van der Waals surface area contributed by atoms with Crippen molar-refractivity contribution in [2.75, 3.05) is 6.54 Å². The van der Waals surface area contributed by atoms with E-state index in [2.05, 4.69) is 26.3 Å². The van der Waals surface area contributed by atoms with Crippen molar-refractivity contribution in [2.24, 2.45) is 0 Å². The van der Waals surface area contributed by atoms with Crippen LogP contribution in [0, 0.1) is 0 Å². The summed E-state index contributed by atoms with van der Waals surface area (Å²) in [5.41, 5.74) is 0. The van der Waals surface area contributed by atoms with Gasteiger partial charge in [0.25, 0.3) is 0 Å². The molecular formula is C9H13BrF3N3. The Morgan fingerprint density at radius 2 is 2.25 bits per heavy atom. The van der Waals surface area contributed by atoms with E-state index in [9.17, 15) is 13.2 Å². The van der Waals surface area contributed by atoms with Crippen LogP contribution < -0.4 is 5.32 Å². The lowest BCUT2D eigenvalue weighted by atomic mass is 10.3. The van der Waals surface area contributed by atoms with E-state index in [1.807, 2.05) is 6.92 Å². The van der Waals surface area contributed by atoms with Crippen molar-refractivity contribution in [3.05, 3.63) is 16.9 Å². The number of nitrogens with zero attached hydrogens (tertiary/aromatic N) is 2. The molecule has 1 aromatic rings. The van der Waals surface area contributed by atoms with Gasteiger partial charge in [-0.3, -0.25) is 4.68 Å². The van der Waals surface area contributed by atoms with Crippen LogP contribution in [0.3, 0.4) is 0 Å². The molecule has 0 radical (unpaired) electrons. The summed E-state index contributed by atoms with van der Waals surface area (Å²) in [7, 11) is 0. The molecule has 0 aliphatic rings. The third kappa shape index (κ3) is 5.50. The van der Waals surface area contributed by atoms with E-state index >= 15 is 0 Å². The Morgan fingerprint density at radius 1 is 1.56 bits per heavy atom. The lowest BCUT2D eigenvalue weighted by Crippen LogP contribution is -2.33. The Kier molecular flexibility index (Phi) is 4.79. The van der Waals surface area contributed by atoms with Crippen molar-refractivity contribution in [3.8, 4) is 0 Å². The van der Waals surface area contributed by atoms with Crippen LogP contribution in [0.4, 0.5) is 13.2 Å². The molecule has 1 unspecified atom stereocenters. The van der Waals surface area contributed by atoms with E-state index < -0.39 is 12.6 Å². The van der Waals surface area contributed by atoms with E-state index in [1.54, 1.807) is 17.1 Å². The van der Waals surface area contributed by atoms with E-state index in [4.69, 9.17) is 0 Å². The lowest BCUT2D eigenvalue weighted by molar-refractivity contribution is -0.133. The molecule has 92 valence electrons. The number of aromatic nitrogens is 2. The second-order valence-electron chi connectivity index (χ2n) is 3.60. The zero-order valence-electron chi connectivity index (χ0n) is 8.76. The van der Waals surface area contributed by atoms with Gasteiger partial charge in [-0.25, -0.2) is 0 Å². The van der Waals surface area contributed by atoms with Crippen molar-refractivity contribution >= 4 is 15.9 Å². The normalized spacial score (nSPS) is 14.1. The van der Waals surface area contributed by atoms with Crippen LogP contribution in [-0.4, -0.2) is 28.5 Å². The van der Waals surface area contributed by atoms with E-state index in [0.29, 0.717) is 6.54 Å². The fraction of sp³-hybridized carbons (Fsp3) is 0.667. The van der Waals surface area contributed by atoms with Gasteiger partial charge >= 0.3 is 6.18 Å². The predicted molar refractivity (Wildman–Crippen MR) is 58.1 cm³/mol. The number of alkyl halides is 3. The van der Waals surface area contributed by atoms with Crippen molar-refractivity contribution in [1.29, 1.82) is 0 Å². The summed E-state index contributed by atoms with van der Waals surface area (Å²) < 4.78 is 38.2. The molecule has 0 bridgehead atoms. The summed E-state index contributed by atoms with van der Waals surface area (Å²) in [5, 5.41) is 6.82. The fourth-order valence-electron chi connectivity index (χ4n) is 1.24. The third-order valence-electron chi connectivity index (χ3n) is 1.96. The van der Waals surface area contributed by atoms with E-state index in [1.165, 1.54) is 0 Å². The average Bonchev–Trinajstić information content (AvgIpc) is 2.48. The zero-order valence-corrected chi connectivity index (χ0v) is 10.3. The van der Waals surface area contributed by atoms with Gasteiger partial charge in [-0.1, -0.05) is 0 Å². The second-order valence-corrected chi connectivity index (χ2v) is 4.52. The predicted octanol–water partition coefficient (Wildman–Crippen LogP) is 2.58. The lowest BCUT2D eigenvalue weighted by Gasteiger charge is -2.14. The smallest absolute Gasteiger partial charge is 0.312 e. The van der Waals surface area contributed by atoms with Crippen LogP contribution in [0.2, 0.25) is 0 Å². The summed E-state index contributed by atoms with van der Waals surface area (Å²) in [6.07, 6.45) is -1.48. The summed E-state index contributed by atoms with van der Waals surface area (Å²) in [6, 6.07) is -0.0471. The number of hydrogen-bond acceptors (Lipinski definition) is 2. The van der Waals surface area contributed by atoms with Crippen LogP contribution in [0.5, 0.6) is 0 Å². The molecule has 0 aliphatic carbocycles. The van der Waals surface area contributed by atoms with Crippen molar-refractivity contribution in [2.45, 2.75) is 32.1 Å². The number of rotatable bonds is 5. The molecule has 16 heavy (non-hydrogen) atoms. The van der Waals surface area contributed by atoms with Gasteiger partial charge in [-0.15, -0.1) is 0 Å². The molecule has 1 rings (SSSR count). The molecule has 1 aromatic heterocycles. The minimum atomic E-state index is -4.10. The quantitative estimate of drug-likeness (QED) is 0.906. The van der Waals surface area contributed by atoms with Crippen LogP contribution in [-0.2, 0) is 6.54 Å². The topological polar surface area (TPSA) is 29.9 Å². The van der Waals surface area contributed by atoms with Gasteiger partial charge in [0.1, 0.15) is 0 Å². The summed E-state index contributed by atoms with van der Waals surface area (Å²) >= 11 is 3.25. The summed E-state index contributed by atoms with van der Waals surface area (Å²) in [6.45, 7) is 2.31. The molecule has 3 nitrogen and oxygen atoms in total. The minimum absolute atomic E-state index is 0.0471. The minimum Gasteiger partial charge on any atom is -0.312 e. The molecule has 1 heterocycles. The first-order valence-electron chi connectivity index (χ1n) is 4.85. The maximum absolute atomic E-state index is 11.9. The second kappa shape index (κ2) is 5.67. The summed E-state index contributed by atoms with van der Waals surface area (Å²) in [4.78, 5) is 0. The standard InChI is InChI=1S/C9H13BrF3N3/c1-7(14-3-2-9(11,12)13)5-16-6-8(10)4-15-16/h4,6-7,14H,2-3,5H2,1H3. The molecule has 0 aromatic carbocycles. The van der Waals surface area contributed by atoms with Crippen LogP contribution in [0.15, 0.2) is 16.9 Å². The first kappa shape index (κ1) is 13.5. The number of nitrogens with one attached hydrogen (secondary N) is 1. The molecule has 0 fully saturated rings. The first-order valence-corrected chi connectivity index (χ1v) is 5.64. The largest absolute Gasteiger partial charge is 0.390 e. The molecule has 7 heteroatoms. The SMILES string of the molecule is CC(Cn1cc(Br)cn1)NCCC(F)(F)F. The van der Waals surface area contributed by atoms with E-state index in [-0.39, 0.29) is 12.6 Å². The van der Waals surface area contributed by atoms with Gasteiger partial charge in [0.05, 0.1) is 23.6 Å². The third-order valence-corrected chi connectivity index (χ3v) is 2.37. The fourth-order valence-corrected chi connectivity index (χ4v) is 1.57. The Hall–Kier alpha value is -0.560. The molecule has 0 saturated heterocycles. The molecule has 1 N–H and O–H groups in total. The highest BCUT2D eigenvalue weighted by molar-refractivity contribution is 9.10. The van der Waals surface area contributed by atoms with Gasteiger partial charge in [-0.2, -0.15) is 18.3 Å². The van der Waals surface area contributed by atoms with Crippen molar-refractivity contribution < 1.29 is 13.2 Å². The van der Waals surface area contributed by atoms with Crippen molar-refractivity contribution in [1.82, 2.24) is 15.1 Å². The van der Waals surface area contributed by atoms with Gasteiger partial charge < -0.3 is 5.32 Å².